The SMILES string of the molecule is O=C(CNC(=O)C1CCN(C(=O)O)CC1)c1ccc(F)c(C(F)(F)F)c1. The van der Waals surface area contributed by atoms with Crippen LogP contribution in [-0.2, 0) is 11.0 Å². The molecule has 0 bridgehead atoms. The number of halogens is 4. The number of benzene rings is 1. The zero-order valence-corrected chi connectivity index (χ0v) is 13.5. The van der Waals surface area contributed by atoms with E-state index < -0.39 is 47.8 Å². The molecule has 0 spiro atoms. The second-order valence-corrected chi connectivity index (χ2v) is 5.88. The fourth-order valence-corrected chi connectivity index (χ4v) is 2.66. The maximum absolute atomic E-state index is 13.2. The van der Waals surface area contributed by atoms with Crippen LogP contribution in [-0.4, -0.2) is 47.4 Å². The highest BCUT2D eigenvalue weighted by Crippen LogP contribution is 2.32. The minimum Gasteiger partial charge on any atom is -0.465 e. The van der Waals surface area contributed by atoms with E-state index in [-0.39, 0.29) is 18.7 Å². The number of nitrogens with zero attached hydrogens (tertiary/aromatic N) is 1. The second kappa shape index (κ2) is 7.71. The largest absolute Gasteiger partial charge is 0.465 e. The van der Waals surface area contributed by atoms with E-state index in [4.69, 9.17) is 5.11 Å². The molecule has 0 atom stereocenters. The lowest BCUT2D eigenvalue weighted by molar-refractivity contribution is -0.140. The highest BCUT2D eigenvalue weighted by Gasteiger charge is 2.34. The monoisotopic (exact) mass is 376 g/mol. The molecule has 1 saturated heterocycles. The normalized spacial score (nSPS) is 15.6. The maximum atomic E-state index is 13.2. The van der Waals surface area contributed by atoms with E-state index >= 15 is 0 Å². The number of rotatable bonds is 4. The number of ketones is 1. The number of nitrogens with one attached hydrogen (secondary N) is 1. The van der Waals surface area contributed by atoms with Gasteiger partial charge in [0, 0.05) is 24.6 Å². The molecular formula is C16H16F4N2O4. The van der Waals surface area contributed by atoms with Gasteiger partial charge in [0.05, 0.1) is 12.1 Å². The molecule has 0 aromatic heterocycles. The van der Waals surface area contributed by atoms with Crippen LogP contribution in [0, 0.1) is 11.7 Å². The summed E-state index contributed by atoms with van der Waals surface area (Å²) in [6, 6.07) is 1.89. The van der Waals surface area contributed by atoms with Gasteiger partial charge in [-0.1, -0.05) is 0 Å². The average Bonchev–Trinajstić information content (AvgIpc) is 2.58. The molecule has 2 rings (SSSR count). The van der Waals surface area contributed by atoms with Crippen LogP contribution in [0.15, 0.2) is 18.2 Å². The van der Waals surface area contributed by atoms with Crippen molar-refractivity contribution in [3.8, 4) is 0 Å². The van der Waals surface area contributed by atoms with Crippen LogP contribution in [0.4, 0.5) is 22.4 Å². The number of hydrogen-bond acceptors (Lipinski definition) is 3. The van der Waals surface area contributed by atoms with Crippen LogP contribution in [0.25, 0.3) is 0 Å². The Kier molecular flexibility index (Phi) is 5.83. The van der Waals surface area contributed by atoms with E-state index in [1.54, 1.807) is 0 Å². The summed E-state index contributed by atoms with van der Waals surface area (Å²) in [5.41, 5.74) is -1.91. The Morgan fingerprint density at radius 3 is 2.35 bits per heavy atom. The van der Waals surface area contributed by atoms with Crippen LogP contribution in [0.2, 0.25) is 0 Å². The molecule has 0 radical (unpaired) electrons. The van der Waals surface area contributed by atoms with Crippen molar-refractivity contribution in [1.82, 2.24) is 10.2 Å². The number of carboxylic acid groups (broad SMARTS) is 1. The Morgan fingerprint density at radius 1 is 1.19 bits per heavy atom. The zero-order valence-electron chi connectivity index (χ0n) is 13.5. The predicted octanol–water partition coefficient (Wildman–Crippen LogP) is 2.53. The van der Waals surface area contributed by atoms with Crippen LogP contribution >= 0.6 is 0 Å². The molecule has 1 aromatic rings. The van der Waals surface area contributed by atoms with Crippen molar-refractivity contribution in [3.05, 3.63) is 35.1 Å². The van der Waals surface area contributed by atoms with Crippen molar-refractivity contribution in [3.63, 3.8) is 0 Å². The van der Waals surface area contributed by atoms with Gasteiger partial charge < -0.3 is 15.3 Å². The van der Waals surface area contributed by atoms with Crippen molar-refractivity contribution in [1.29, 1.82) is 0 Å². The van der Waals surface area contributed by atoms with Crippen LogP contribution in [0.3, 0.4) is 0 Å². The number of alkyl halides is 3. The van der Waals surface area contributed by atoms with E-state index in [1.165, 1.54) is 4.90 Å². The van der Waals surface area contributed by atoms with Crippen molar-refractivity contribution in [2.24, 2.45) is 5.92 Å². The number of carbonyl (C=O) groups is 3. The van der Waals surface area contributed by atoms with Gasteiger partial charge in [0.25, 0.3) is 0 Å². The number of piperidine rings is 1. The van der Waals surface area contributed by atoms with Crippen molar-refractivity contribution in [2.45, 2.75) is 19.0 Å². The summed E-state index contributed by atoms with van der Waals surface area (Å²) in [6.07, 6.45) is -5.42. The highest BCUT2D eigenvalue weighted by atomic mass is 19.4. The van der Waals surface area contributed by atoms with Crippen molar-refractivity contribution < 1.29 is 37.1 Å². The van der Waals surface area contributed by atoms with Crippen molar-refractivity contribution >= 4 is 17.8 Å². The fraction of sp³-hybridized carbons (Fsp3) is 0.438. The molecule has 2 amide bonds. The minimum absolute atomic E-state index is 0.189. The number of hydrogen-bond donors (Lipinski definition) is 2. The molecule has 1 fully saturated rings. The first kappa shape index (κ1) is 19.7. The lowest BCUT2D eigenvalue weighted by Crippen LogP contribution is -2.43. The third-order valence-corrected chi connectivity index (χ3v) is 4.15. The Morgan fingerprint density at radius 2 is 1.81 bits per heavy atom. The third-order valence-electron chi connectivity index (χ3n) is 4.15. The van der Waals surface area contributed by atoms with E-state index in [1.807, 2.05) is 0 Å². The third kappa shape index (κ3) is 4.70. The van der Waals surface area contributed by atoms with Crippen LogP contribution in [0.1, 0.15) is 28.8 Å². The molecule has 26 heavy (non-hydrogen) atoms. The quantitative estimate of drug-likeness (QED) is 0.625. The Bertz CT molecular complexity index is 713. The molecular weight excluding hydrogens is 360 g/mol. The molecule has 1 aromatic carbocycles. The molecule has 2 N–H and O–H groups in total. The standard InChI is InChI=1S/C16H16F4N2O4/c17-12-2-1-10(7-11(12)16(18,19)20)13(23)8-21-14(24)9-3-5-22(6-4-9)15(25)26/h1-2,7,9H,3-6,8H2,(H,21,24)(H,25,26). The first-order valence-corrected chi connectivity index (χ1v) is 7.75. The van der Waals surface area contributed by atoms with Gasteiger partial charge >= 0.3 is 12.3 Å². The zero-order chi connectivity index (χ0) is 19.5. The van der Waals surface area contributed by atoms with E-state index in [9.17, 15) is 31.9 Å². The molecule has 6 nitrogen and oxygen atoms in total. The lowest BCUT2D eigenvalue weighted by Gasteiger charge is -2.29. The summed E-state index contributed by atoms with van der Waals surface area (Å²) in [5, 5.41) is 11.2. The Balaban J connectivity index is 1.93. The molecule has 1 aliphatic rings. The summed E-state index contributed by atoms with van der Waals surface area (Å²) >= 11 is 0. The number of carbonyl (C=O) groups excluding carboxylic acids is 2. The predicted molar refractivity (Wildman–Crippen MR) is 81.1 cm³/mol. The van der Waals surface area contributed by atoms with Gasteiger partial charge in [0.1, 0.15) is 5.82 Å². The molecule has 10 heteroatoms. The highest BCUT2D eigenvalue weighted by molar-refractivity contribution is 5.99. The first-order chi connectivity index (χ1) is 12.1. The van der Waals surface area contributed by atoms with E-state index in [0.717, 1.165) is 6.07 Å². The number of Topliss-reactive ketones (excluding diaryl/α,β-unsaturated/α-hetero) is 1. The number of likely N-dealkylation sites (tertiary alicyclic amines) is 1. The first-order valence-electron chi connectivity index (χ1n) is 7.75. The van der Waals surface area contributed by atoms with Gasteiger partial charge in [-0.05, 0) is 31.0 Å². The number of amides is 2. The molecule has 0 unspecified atom stereocenters. The molecule has 1 aliphatic heterocycles. The van der Waals surface area contributed by atoms with Gasteiger partial charge in [0.15, 0.2) is 5.78 Å². The average molecular weight is 376 g/mol. The summed E-state index contributed by atoms with van der Waals surface area (Å²) in [4.78, 5) is 36.0. The van der Waals surface area contributed by atoms with Gasteiger partial charge in [-0.25, -0.2) is 9.18 Å². The van der Waals surface area contributed by atoms with Gasteiger partial charge in [0.2, 0.25) is 5.91 Å². The summed E-state index contributed by atoms with van der Waals surface area (Å²) in [7, 11) is 0. The molecule has 0 aliphatic carbocycles. The maximum Gasteiger partial charge on any atom is 0.419 e. The van der Waals surface area contributed by atoms with Crippen molar-refractivity contribution in [2.75, 3.05) is 19.6 Å². The topological polar surface area (TPSA) is 86.7 Å². The summed E-state index contributed by atoms with van der Waals surface area (Å²) < 4.78 is 51.2. The fourth-order valence-electron chi connectivity index (χ4n) is 2.66. The van der Waals surface area contributed by atoms with Gasteiger partial charge in [-0.15, -0.1) is 0 Å². The summed E-state index contributed by atoms with van der Waals surface area (Å²) in [6.45, 7) is -0.149. The van der Waals surface area contributed by atoms with E-state index in [0.29, 0.717) is 25.0 Å². The Labute approximate surface area is 145 Å². The second-order valence-electron chi connectivity index (χ2n) is 5.88. The summed E-state index contributed by atoms with van der Waals surface area (Å²) in [5.74, 6) is -3.21. The Hall–Kier alpha value is -2.65. The molecule has 142 valence electrons. The lowest BCUT2D eigenvalue weighted by atomic mass is 9.96. The molecule has 0 saturated carbocycles. The smallest absolute Gasteiger partial charge is 0.419 e. The van der Waals surface area contributed by atoms with Gasteiger partial charge in [-0.2, -0.15) is 13.2 Å². The minimum atomic E-state index is -4.93. The molecule has 1 heterocycles. The van der Waals surface area contributed by atoms with E-state index in [2.05, 4.69) is 5.32 Å². The van der Waals surface area contributed by atoms with Gasteiger partial charge in [-0.3, -0.25) is 9.59 Å². The van der Waals surface area contributed by atoms with Crippen LogP contribution in [0.5, 0.6) is 0 Å². The van der Waals surface area contributed by atoms with Crippen LogP contribution < -0.4 is 5.32 Å².